The molecule has 0 aliphatic carbocycles. The summed E-state index contributed by atoms with van der Waals surface area (Å²) in [5.74, 6) is -1.37. The van der Waals surface area contributed by atoms with Crippen molar-refractivity contribution in [2.45, 2.75) is 12.8 Å². The summed E-state index contributed by atoms with van der Waals surface area (Å²) in [4.78, 5) is 21.5. The molecule has 13 heavy (non-hydrogen) atoms. The zero-order chi connectivity index (χ0) is 9.84. The standard InChI is InChI=1S/C7H10N2O4/c10-4-3-9-6(11)2-1-5(8-9)7(12)13/h10H,1-4H2,(H,12,13). The summed E-state index contributed by atoms with van der Waals surface area (Å²) >= 11 is 0. The topological polar surface area (TPSA) is 90.2 Å². The van der Waals surface area contributed by atoms with Crippen molar-refractivity contribution in [3.05, 3.63) is 0 Å². The number of aliphatic hydroxyl groups is 1. The van der Waals surface area contributed by atoms with E-state index in [1.54, 1.807) is 0 Å². The van der Waals surface area contributed by atoms with Crippen LogP contribution in [0.25, 0.3) is 0 Å². The molecule has 0 atom stereocenters. The first-order chi connectivity index (χ1) is 6.15. The van der Waals surface area contributed by atoms with Crippen LogP contribution in [-0.2, 0) is 9.59 Å². The molecule has 1 amide bonds. The van der Waals surface area contributed by atoms with Crippen molar-refractivity contribution in [1.82, 2.24) is 5.01 Å². The number of hydrazone groups is 1. The number of nitrogens with zero attached hydrogens (tertiary/aromatic N) is 2. The second-order valence-corrected chi connectivity index (χ2v) is 2.59. The van der Waals surface area contributed by atoms with E-state index in [-0.39, 0.29) is 37.6 Å². The molecule has 2 N–H and O–H groups in total. The van der Waals surface area contributed by atoms with Crippen LogP contribution in [-0.4, -0.2) is 46.0 Å². The number of aliphatic carboxylic acids is 1. The monoisotopic (exact) mass is 186 g/mol. The van der Waals surface area contributed by atoms with Gasteiger partial charge in [0.1, 0.15) is 5.71 Å². The highest BCUT2D eigenvalue weighted by Crippen LogP contribution is 2.08. The molecule has 6 heteroatoms. The Labute approximate surface area is 74.5 Å². The average Bonchev–Trinajstić information content (AvgIpc) is 2.08. The van der Waals surface area contributed by atoms with E-state index in [9.17, 15) is 9.59 Å². The summed E-state index contributed by atoms with van der Waals surface area (Å²) in [6.07, 6.45) is 0.307. The number of carbonyl (C=O) groups excluding carboxylic acids is 1. The molecule has 0 aromatic carbocycles. The minimum Gasteiger partial charge on any atom is -0.477 e. The fourth-order valence-electron chi connectivity index (χ4n) is 1.02. The molecule has 0 unspecified atom stereocenters. The van der Waals surface area contributed by atoms with Crippen molar-refractivity contribution in [3.63, 3.8) is 0 Å². The van der Waals surface area contributed by atoms with Crippen LogP contribution in [0.4, 0.5) is 0 Å². The van der Waals surface area contributed by atoms with Gasteiger partial charge in [0.2, 0.25) is 5.91 Å². The van der Waals surface area contributed by atoms with Gasteiger partial charge < -0.3 is 10.2 Å². The van der Waals surface area contributed by atoms with Gasteiger partial charge in [0.25, 0.3) is 0 Å². The van der Waals surface area contributed by atoms with Crippen LogP contribution in [0.15, 0.2) is 5.10 Å². The molecule has 1 rings (SSSR count). The minimum absolute atomic E-state index is 0.0342. The Morgan fingerprint density at radius 3 is 2.77 bits per heavy atom. The lowest BCUT2D eigenvalue weighted by molar-refractivity contribution is -0.133. The van der Waals surface area contributed by atoms with Gasteiger partial charge in [-0.3, -0.25) is 4.79 Å². The Kier molecular flexibility index (Phi) is 2.97. The smallest absolute Gasteiger partial charge is 0.352 e. The van der Waals surface area contributed by atoms with Crippen LogP contribution in [0.2, 0.25) is 0 Å². The van der Waals surface area contributed by atoms with E-state index in [1.165, 1.54) is 0 Å². The van der Waals surface area contributed by atoms with Crippen LogP contribution in [0.3, 0.4) is 0 Å². The molecule has 1 heterocycles. The zero-order valence-corrected chi connectivity index (χ0v) is 6.93. The molecule has 0 saturated carbocycles. The Morgan fingerprint density at radius 1 is 1.54 bits per heavy atom. The van der Waals surface area contributed by atoms with Gasteiger partial charge in [-0.15, -0.1) is 0 Å². The first-order valence-corrected chi connectivity index (χ1v) is 3.87. The van der Waals surface area contributed by atoms with E-state index in [0.717, 1.165) is 5.01 Å². The fraction of sp³-hybridized carbons (Fsp3) is 0.571. The van der Waals surface area contributed by atoms with E-state index in [1.807, 2.05) is 0 Å². The maximum atomic E-state index is 11.1. The molecular formula is C7H10N2O4. The number of amides is 1. The second kappa shape index (κ2) is 3.99. The average molecular weight is 186 g/mol. The van der Waals surface area contributed by atoms with Crippen LogP contribution in [0.1, 0.15) is 12.8 Å². The van der Waals surface area contributed by atoms with Gasteiger partial charge in [0, 0.05) is 12.8 Å². The van der Waals surface area contributed by atoms with E-state index in [0.29, 0.717) is 0 Å². The molecule has 0 bridgehead atoms. The van der Waals surface area contributed by atoms with Gasteiger partial charge in [-0.2, -0.15) is 5.10 Å². The molecule has 1 aliphatic heterocycles. The molecule has 6 nitrogen and oxygen atoms in total. The second-order valence-electron chi connectivity index (χ2n) is 2.59. The minimum atomic E-state index is -1.12. The van der Waals surface area contributed by atoms with Crippen molar-refractivity contribution in [2.75, 3.05) is 13.2 Å². The third-order valence-corrected chi connectivity index (χ3v) is 1.66. The highest BCUT2D eigenvalue weighted by atomic mass is 16.4. The molecular weight excluding hydrogens is 176 g/mol. The zero-order valence-electron chi connectivity index (χ0n) is 6.93. The molecule has 0 radical (unpaired) electrons. The maximum Gasteiger partial charge on any atom is 0.352 e. The van der Waals surface area contributed by atoms with Gasteiger partial charge in [-0.05, 0) is 0 Å². The normalized spacial score (nSPS) is 17.2. The first kappa shape index (κ1) is 9.66. The highest BCUT2D eigenvalue weighted by molar-refractivity contribution is 6.36. The van der Waals surface area contributed by atoms with E-state index < -0.39 is 5.97 Å². The van der Waals surface area contributed by atoms with Gasteiger partial charge in [-0.1, -0.05) is 0 Å². The predicted octanol–water partition coefficient (Wildman–Crippen LogP) is -0.958. The molecule has 0 aromatic heterocycles. The van der Waals surface area contributed by atoms with Gasteiger partial charge >= 0.3 is 5.97 Å². The lowest BCUT2D eigenvalue weighted by Crippen LogP contribution is -2.35. The Hall–Kier alpha value is -1.43. The Morgan fingerprint density at radius 2 is 2.23 bits per heavy atom. The number of carboxylic acid groups (broad SMARTS) is 1. The highest BCUT2D eigenvalue weighted by Gasteiger charge is 2.23. The molecule has 0 aromatic rings. The summed E-state index contributed by atoms with van der Waals surface area (Å²) in [5, 5.41) is 21.7. The predicted molar refractivity (Wildman–Crippen MR) is 43.1 cm³/mol. The molecule has 0 saturated heterocycles. The van der Waals surface area contributed by atoms with E-state index >= 15 is 0 Å². The number of rotatable bonds is 3. The van der Waals surface area contributed by atoms with Crippen LogP contribution in [0, 0.1) is 0 Å². The first-order valence-electron chi connectivity index (χ1n) is 3.87. The SMILES string of the molecule is O=C(O)C1=NN(CCO)C(=O)CC1. The summed E-state index contributed by atoms with van der Waals surface area (Å²) in [7, 11) is 0. The third-order valence-electron chi connectivity index (χ3n) is 1.66. The van der Waals surface area contributed by atoms with Crippen molar-refractivity contribution < 1.29 is 19.8 Å². The van der Waals surface area contributed by atoms with Crippen molar-refractivity contribution in [2.24, 2.45) is 5.10 Å². The number of hydrogen-bond acceptors (Lipinski definition) is 4. The van der Waals surface area contributed by atoms with Gasteiger partial charge in [0.15, 0.2) is 0 Å². The summed E-state index contributed by atoms with van der Waals surface area (Å²) < 4.78 is 0. The van der Waals surface area contributed by atoms with Crippen molar-refractivity contribution in [1.29, 1.82) is 0 Å². The Balaban J connectivity index is 2.74. The van der Waals surface area contributed by atoms with Gasteiger partial charge in [-0.25, -0.2) is 9.80 Å². The fourth-order valence-corrected chi connectivity index (χ4v) is 1.02. The quantitative estimate of drug-likeness (QED) is 0.594. The van der Waals surface area contributed by atoms with E-state index in [2.05, 4.69) is 5.10 Å². The summed E-state index contributed by atoms with van der Waals surface area (Å²) in [6.45, 7) is -0.169. The Bertz CT molecular complexity index is 261. The van der Waals surface area contributed by atoms with E-state index in [4.69, 9.17) is 10.2 Å². The summed E-state index contributed by atoms with van der Waals surface area (Å²) in [5.41, 5.74) is -0.0342. The van der Waals surface area contributed by atoms with Crippen LogP contribution >= 0.6 is 0 Å². The molecule has 0 spiro atoms. The molecule has 72 valence electrons. The number of β-amino-alcohol motifs (C(OH)–C–C–N with tert-alkyl or cyclic N) is 1. The molecule has 0 fully saturated rings. The lowest BCUT2D eigenvalue weighted by Gasteiger charge is -2.20. The summed E-state index contributed by atoms with van der Waals surface area (Å²) in [6, 6.07) is 0. The van der Waals surface area contributed by atoms with Crippen LogP contribution < -0.4 is 0 Å². The molecule has 1 aliphatic rings. The third kappa shape index (κ3) is 2.25. The number of carbonyl (C=O) groups is 2. The maximum absolute atomic E-state index is 11.1. The van der Waals surface area contributed by atoms with Gasteiger partial charge in [0.05, 0.1) is 13.2 Å². The number of carboxylic acids is 1. The number of aliphatic hydroxyl groups excluding tert-OH is 1. The van der Waals surface area contributed by atoms with Crippen molar-refractivity contribution in [3.8, 4) is 0 Å². The lowest BCUT2D eigenvalue weighted by atomic mass is 10.2. The number of hydrogen-bond donors (Lipinski definition) is 2. The largest absolute Gasteiger partial charge is 0.477 e. The van der Waals surface area contributed by atoms with Crippen LogP contribution in [0.5, 0.6) is 0 Å². The van der Waals surface area contributed by atoms with Crippen molar-refractivity contribution >= 4 is 17.6 Å².